The van der Waals surface area contributed by atoms with E-state index < -0.39 is 5.97 Å². The minimum Gasteiger partial charge on any atom is -0.493 e. The van der Waals surface area contributed by atoms with Crippen molar-refractivity contribution in [2.24, 2.45) is 0 Å². The standard InChI is InChI=1S/C30H27ClN2O4/c31-23-12-9-19(10-13-23)29-20(5-1-4-8-28(34)35)17-22-18-21(11-14-25(22)32-29)30(36)33-26-15-16-37-27-7-3-2-6-24(26)27/h2-3,6-7,9-14,17-18,26H,1,4-5,8,15-16H2,(H,33,36)(H,34,35)/t26-/m1/s1. The number of carboxylic acid groups (broad SMARTS) is 1. The molecule has 1 atom stereocenters. The Bertz CT molecular complexity index is 1450. The van der Waals surface area contributed by atoms with Gasteiger partial charge in [-0.2, -0.15) is 0 Å². The number of pyridine rings is 1. The number of ether oxygens (including phenoxy) is 1. The van der Waals surface area contributed by atoms with Crippen molar-refractivity contribution in [3.63, 3.8) is 0 Å². The van der Waals surface area contributed by atoms with Gasteiger partial charge in [0.05, 0.1) is 23.9 Å². The Morgan fingerprint density at radius 1 is 1.03 bits per heavy atom. The van der Waals surface area contributed by atoms with E-state index in [1.807, 2.05) is 60.7 Å². The third-order valence-corrected chi connectivity index (χ3v) is 6.88. The van der Waals surface area contributed by atoms with Crippen LogP contribution in [-0.4, -0.2) is 28.6 Å². The van der Waals surface area contributed by atoms with Crippen LogP contribution in [0.2, 0.25) is 5.02 Å². The number of aliphatic carboxylic acids is 1. The first-order valence-electron chi connectivity index (χ1n) is 12.4. The van der Waals surface area contributed by atoms with Gasteiger partial charge in [0.15, 0.2) is 0 Å². The molecule has 6 nitrogen and oxygen atoms in total. The van der Waals surface area contributed by atoms with E-state index in [1.54, 1.807) is 6.07 Å². The normalized spacial score (nSPS) is 14.6. The average Bonchev–Trinajstić information content (AvgIpc) is 2.91. The molecule has 1 aliphatic heterocycles. The summed E-state index contributed by atoms with van der Waals surface area (Å²) in [5.74, 6) is -0.130. The molecule has 0 spiro atoms. The van der Waals surface area contributed by atoms with E-state index in [0.29, 0.717) is 36.5 Å². The van der Waals surface area contributed by atoms with Gasteiger partial charge in [0.25, 0.3) is 5.91 Å². The third kappa shape index (κ3) is 5.75. The number of aromatic nitrogens is 1. The lowest BCUT2D eigenvalue weighted by molar-refractivity contribution is -0.137. The van der Waals surface area contributed by atoms with E-state index in [9.17, 15) is 9.59 Å². The summed E-state index contributed by atoms with van der Waals surface area (Å²) >= 11 is 6.09. The van der Waals surface area contributed by atoms with Crippen LogP contribution in [0.1, 0.15) is 53.2 Å². The summed E-state index contributed by atoms with van der Waals surface area (Å²) < 4.78 is 5.72. The van der Waals surface area contributed by atoms with Crippen molar-refractivity contribution in [2.45, 2.75) is 38.1 Å². The Balaban J connectivity index is 1.43. The van der Waals surface area contributed by atoms with Crippen LogP contribution >= 0.6 is 11.6 Å². The minimum atomic E-state index is -0.794. The van der Waals surface area contributed by atoms with Gasteiger partial charge >= 0.3 is 5.97 Å². The Morgan fingerprint density at radius 3 is 2.65 bits per heavy atom. The fraction of sp³-hybridized carbons (Fsp3) is 0.233. The van der Waals surface area contributed by atoms with Crippen molar-refractivity contribution in [3.05, 3.63) is 94.5 Å². The van der Waals surface area contributed by atoms with Crippen LogP contribution in [0, 0.1) is 0 Å². The summed E-state index contributed by atoms with van der Waals surface area (Å²) in [4.78, 5) is 29.1. The summed E-state index contributed by atoms with van der Waals surface area (Å²) in [5, 5.41) is 13.7. The maximum Gasteiger partial charge on any atom is 0.303 e. The molecule has 1 amide bonds. The van der Waals surface area contributed by atoms with Crippen LogP contribution < -0.4 is 10.1 Å². The highest BCUT2D eigenvalue weighted by molar-refractivity contribution is 6.30. The number of carboxylic acids is 1. The second-order valence-electron chi connectivity index (χ2n) is 9.21. The molecular formula is C30H27ClN2O4. The van der Waals surface area contributed by atoms with Crippen molar-refractivity contribution >= 4 is 34.4 Å². The topological polar surface area (TPSA) is 88.5 Å². The number of benzene rings is 3. The number of hydrogen-bond donors (Lipinski definition) is 2. The number of nitrogens with one attached hydrogen (secondary N) is 1. The molecular weight excluding hydrogens is 488 g/mol. The van der Waals surface area contributed by atoms with Gasteiger partial charge < -0.3 is 15.2 Å². The number of aryl methyl sites for hydroxylation is 1. The number of halogens is 1. The van der Waals surface area contributed by atoms with Crippen LogP contribution in [0.15, 0.2) is 72.8 Å². The molecule has 2 N–H and O–H groups in total. The highest BCUT2D eigenvalue weighted by atomic mass is 35.5. The van der Waals surface area contributed by atoms with E-state index in [1.165, 1.54) is 0 Å². The summed E-state index contributed by atoms with van der Waals surface area (Å²) in [6, 6.07) is 22.8. The zero-order chi connectivity index (χ0) is 25.8. The van der Waals surface area contributed by atoms with E-state index in [-0.39, 0.29) is 18.4 Å². The fourth-order valence-electron chi connectivity index (χ4n) is 4.74. The molecule has 0 aliphatic carbocycles. The molecule has 0 unspecified atom stereocenters. The van der Waals surface area contributed by atoms with Crippen molar-refractivity contribution in [2.75, 3.05) is 6.61 Å². The van der Waals surface area contributed by atoms with E-state index in [0.717, 1.165) is 45.5 Å². The molecule has 2 heterocycles. The van der Waals surface area contributed by atoms with Crippen LogP contribution in [0.3, 0.4) is 0 Å². The Hall–Kier alpha value is -3.90. The Morgan fingerprint density at radius 2 is 1.84 bits per heavy atom. The molecule has 0 saturated heterocycles. The molecule has 0 saturated carbocycles. The molecule has 37 heavy (non-hydrogen) atoms. The minimum absolute atomic E-state index is 0.108. The van der Waals surface area contributed by atoms with Gasteiger partial charge in [-0.3, -0.25) is 9.59 Å². The molecule has 3 aromatic carbocycles. The molecule has 7 heteroatoms. The molecule has 4 aromatic rings. The molecule has 1 aliphatic rings. The smallest absolute Gasteiger partial charge is 0.303 e. The average molecular weight is 515 g/mol. The van der Waals surface area contributed by atoms with Crippen molar-refractivity contribution < 1.29 is 19.4 Å². The van der Waals surface area contributed by atoms with Gasteiger partial charge in [0, 0.05) is 39.9 Å². The van der Waals surface area contributed by atoms with Gasteiger partial charge in [-0.1, -0.05) is 41.9 Å². The van der Waals surface area contributed by atoms with Gasteiger partial charge in [-0.05, 0) is 67.3 Å². The quantitative estimate of drug-likeness (QED) is 0.258. The van der Waals surface area contributed by atoms with Crippen LogP contribution in [0.4, 0.5) is 0 Å². The molecule has 0 radical (unpaired) electrons. The van der Waals surface area contributed by atoms with E-state index in [4.69, 9.17) is 26.4 Å². The summed E-state index contributed by atoms with van der Waals surface area (Å²) in [6.07, 6.45) is 2.84. The lowest BCUT2D eigenvalue weighted by atomic mass is 9.97. The first kappa shape index (κ1) is 24.8. The number of hydrogen-bond acceptors (Lipinski definition) is 4. The number of carbonyl (C=O) groups is 2. The van der Waals surface area contributed by atoms with Crippen molar-refractivity contribution in [1.82, 2.24) is 10.3 Å². The second kappa shape index (κ2) is 11.0. The SMILES string of the molecule is O=C(O)CCCCc1cc2cc(C(=O)N[C@@H]3CCOc4ccccc43)ccc2nc1-c1ccc(Cl)cc1. The summed E-state index contributed by atoms with van der Waals surface area (Å²) in [5.41, 5.74) is 5.13. The first-order chi connectivity index (χ1) is 18.0. The van der Waals surface area contributed by atoms with Crippen molar-refractivity contribution in [1.29, 1.82) is 0 Å². The van der Waals surface area contributed by atoms with Gasteiger partial charge in [-0.25, -0.2) is 4.98 Å². The predicted molar refractivity (Wildman–Crippen MR) is 144 cm³/mol. The van der Waals surface area contributed by atoms with Gasteiger partial charge in [-0.15, -0.1) is 0 Å². The van der Waals surface area contributed by atoms with Crippen LogP contribution in [0.5, 0.6) is 5.75 Å². The molecule has 0 bridgehead atoms. The highest BCUT2D eigenvalue weighted by Crippen LogP contribution is 2.32. The molecule has 1 aromatic heterocycles. The number of rotatable bonds is 8. The first-order valence-corrected chi connectivity index (χ1v) is 12.8. The largest absolute Gasteiger partial charge is 0.493 e. The number of nitrogens with zero attached hydrogens (tertiary/aromatic N) is 1. The van der Waals surface area contributed by atoms with Gasteiger partial charge in [0.1, 0.15) is 5.75 Å². The van der Waals surface area contributed by atoms with E-state index in [2.05, 4.69) is 11.4 Å². The highest BCUT2D eigenvalue weighted by Gasteiger charge is 2.23. The summed E-state index contributed by atoms with van der Waals surface area (Å²) in [7, 11) is 0. The number of unbranched alkanes of at least 4 members (excludes halogenated alkanes) is 1. The maximum atomic E-state index is 13.2. The monoisotopic (exact) mass is 514 g/mol. The Kier molecular flexibility index (Phi) is 7.37. The zero-order valence-corrected chi connectivity index (χ0v) is 21.0. The number of amides is 1. The second-order valence-corrected chi connectivity index (χ2v) is 9.65. The lowest BCUT2D eigenvalue weighted by Gasteiger charge is -2.26. The zero-order valence-electron chi connectivity index (χ0n) is 20.2. The third-order valence-electron chi connectivity index (χ3n) is 6.62. The summed E-state index contributed by atoms with van der Waals surface area (Å²) in [6.45, 7) is 0.558. The molecule has 188 valence electrons. The lowest BCUT2D eigenvalue weighted by Crippen LogP contribution is -2.32. The maximum absolute atomic E-state index is 13.2. The van der Waals surface area contributed by atoms with E-state index >= 15 is 0 Å². The van der Waals surface area contributed by atoms with Crippen LogP contribution in [-0.2, 0) is 11.2 Å². The van der Waals surface area contributed by atoms with Gasteiger partial charge in [0.2, 0.25) is 0 Å². The van der Waals surface area contributed by atoms with Crippen molar-refractivity contribution in [3.8, 4) is 17.0 Å². The Labute approximate surface area is 220 Å². The molecule has 5 rings (SSSR count). The fourth-order valence-corrected chi connectivity index (χ4v) is 4.86. The number of para-hydroxylation sites is 1. The number of fused-ring (bicyclic) bond motifs is 2. The molecule has 0 fully saturated rings. The number of carbonyl (C=O) groups excluding carboxylic acids is 1. The van der Waals surface area contributed by atoms with Crippen LogP contribution in [0.25, 0.3) is 22.2 Å². The predicted octanol–water partition coefficient (Wildman–Crippen LogP) is 6.61.